The summed E-state index contributed by atoms with van der Waals surface area (Å²) in [6.45, 7) is 3.89. The Bertz CT molecular complexity index is 160. The molecule has 0 fully saturated rings. The normalized spacial score (nSPS) is 12.8. The Morgan fingerprint density at radius 1 is 1.17 bits per heavy atom. The van der Waals surface area contributed by atoms with Crippen LogP contribution in [0.4, 0.5) is 0 Å². The van der Waals surface area contributed by atoms with Gasteiger partial charge in [-0.15, -0.1) is 0 Å². The molecule has 0 saturated heterocycles. The molecule has 2 radical (unpaired) electrons. The maximum Gasteiger partial charge on any atom is 0.282 e. The fourth-order valence-electron chi connectivity index (χ4n) is 1.18. The number of hydrogen-bond donors (Lipinski definition) is 4. The summed E-state index contributed by atoms with van der Waals surface area (Å²) in [5, 5.41) is 25.0. The summed E-state index contributed by atoms with van der Waals surface area (Å²) in [7, 11) is 4.98. The zero-order valence-electron chi connectivity index (χ0n) is 11.6. The van der Waals surface area contributed by atoms with E-state index in [2.05, 4.69) is 18.5 Å². The number of hydrogen-bond acceptors (Lipinski definition) is 5. The third-order valence-electron chi connectivity index (χ3n) is 2.82. The molecule has 5 nitrogen and oxygen atoms in total. The molecule has 0 aromatic carbocycles. The molecule has 0 amide bonds. The quantitative estimate of drug-likeness (QED) is 0.437. The minimum absolute atomic E-state index is 0.403. The lowest BCUT2D eigenvalue weighted by Crippen LogP contribution is -2.50. The first kappa shape index (κ1) is 20.2. The number of aliphatic hydroxyl groups excluding tert-OH is 3. The summed E-state index contributed by atoms with van der Waals surface area (Å²) in [4.78, 5) is 0. The highest BCUT2D eigenvalue weighted by molar-refractivity contribution is 5.97. The Balaban J connectivity index is 0. The average Bonchev–Trinajstić information content (AvgIpc) is 2.43. The lowest BCUT2D eigenvalue weighted by Gasteiger charge is -2.20. The predicted octanol–water partition coefficient (Wildman–Crippen LogP) is -0.0363. The molecule has 1 atom stereocenters. The van der Waals surface area contributed by atoms with Crippen LogP contribution in [0, 0.1) is 5.92 Å². The number of aliphatic hydroxyl groups is 3. The molecule has 0 aromatic heterocycles. The van der Waals surface area contributed by atoms with Crippen LogP contribution in [0.3, 0.4) is 0 Å². The molecule has 0 aliphatic rings. The van der Waals surface area contributed by atoms with Gasteiger partial charge in [-0.1, -0.05) is 33.1 Å². The smallest absolute Gasteiger partial charge is 0.282 e. The second kappa shape index (κ2) is 13.3. The van der Waals surface area contributed by atoms with Gasteiger partial charge in [-0.05, 0) is 12.3 Å². The van der Waals surface area contributed by atoms with E-state index in [0.29, 0.717) is 5.92 Å². The van der Waals surface area contributed by atoms with Crippen molar-refractivity contribution in [3.8, 4) is 0 Å². The van der Waals surface area contributed by atoms with Gasteiger partial charge in [0.25, 0.3) is 8.05 Å². The van der Waals surface area contributed by atoms with Crippen molar-refractivity contribution in [3.63, 3.8) is 0 Å². The van der Waals surface area contributed by atoms with E-state index < -0.39 is 25.4 Å². The summed E-state index contributed by atoms with van der Waals surface area (Å²) in [6.07, 6.45) is 4.99. The van der Waals surface area contributed by atoms with Crippen molar-refractivity contribution in [2.45, 2.75) is 45.1 Å². The Morgan fingerprint density at radius 3 is 1.89 bits per heavy atom. The van der Waals surface area contributed by atoms with Crippen LogP contribution >= 0.6 is 0 Å². The summed E-state index contributed by atoms with van der Waals surface area (Å²) >= 11 is 0. The molecule has 108 valence electrons. The van der Waals surface area contributed by atoms with Gasteiger partial charge in [0.05, 0.1) is 25.4 Å². The van der Waals surface area contributed by atoms with Crippen LogP contribution in [0.1, 0.15) is 39.5 Å². The molecular weight excluding hydrogens is 233 g/mol. The highest BCUT2D eigenvalue weighted by Gasteiger charge is 2.20. The van der Waals surface area contributed by atoms with Crippen LogP contribution in [-0.4, -0.2) is 55.3 Å². The zero-order valence-corrected chi connectivity index (χ0v) is 11.6. The maximum absolute atomic E-state index is 8.34. The van der Waals surface area contributed by atoms with Crippen molar-refractivity contribution in [3.05, 3.63) is 0 Å². The fourth-order valence-corrected chi connectivity index (χ4v) is 1.18. The first-order valence-corrected chi connectivity index (χ1v) is 6.46. The lowest BCUT2D eigenvalue weighted by molar-refractivity contribution is 0.0698. The third-order valence-corrected chi connectivity index (χ3v) is 2.82. The Kier molecular flexibility index (Phi) is 14.9. The van der Waals surface area contributed by atoms with Gasteiger partial charge in [0, 0.05) is 6.61 Å². The minimum Gasteiger partial charge on any atom is -0.447 e. The van der Waals surface area contributed by atoms with Crippen LogP contribution in [0.25, 0.3) is 0 Å². The second-order valence-electron chi connectivity index (χ2n) is 4.59. The van der Waals surface area contributed by atoms with E-state index >= 15 is 0 Å². The number of rotatable bonds is 9. The van der Waals surface area contributed by atoms with Gasteiger partial charge in [-0.2, -0.15) is 0 Å². The van der Waals surface area contributed by atoms with Crippen LogP contribution < -0.4 is 5.73 Å². The topological polar surface area (TPSA) is 95.9 Å². The first-order chi connectivity index (χ1) is 8.53. The van der Waals surface area contributed by atoms with E-state index in [1.54, 1.807) is 0 Å². The van der Waals surface area contributed by atoms with Crippen LogP contribution in [0.2, 0.25) is 0 Å². The van der Waals surface area contributed by atoms with E-state index in [-0.39, 0.29) is 0 Å². The summed E-state index contributed by atoms with van der Waals surface area (Å²) in [6, 6.07) is 0. The minimum atomic E-state index is -1.21. The van der Waals surface area contributed by atoms with Gasteiger partial charge in [-0.3, -0.25) is 0 Å². The molecule has 0 spiro atoms. The van der Waals surface area contributed by atoms with E-state index in [1.165, 1.54) is 25.7 Å². The highest BCUT2D eigenvalue weighted by atomic mass is 16.4. The SMILES string of the molecule is NC(CO)(CO)CO.[B]OCC(CC)CCCC. The van der Waals surface area contributed by atoms with Crippen molar-refractivity contribution >= 4 is 8.05 Å². The largest absolute Gasteiger partial charge is 0.447 e. The fraction of sp³-hybridized carbons (Fsp3) is 1.00. The molecule has 0 aromatic rings. The third kappa shape index (κ3) is 11.0. The molecule has 0 aliphatic carbocycles. The molecule has 1 unspecified atom stereocenters. The van der Waals surface area contributed by atoms with Crippen LogP contribution in [0.5, 0.6) is 0 Å². The maximum atomic E-state index is 8.34. The molecule has 18 heavy (non-hydrogen) atoms. The van der Waals surface area contributed by atoms with Gasteiger partial charge in [-0.25, -0.2) is 0 Å². The molecule has 0 heterocycles. The summed E-state index contributed by atoms with van der Waals surface area (Å²) < 4.78 is 4.59. The lowest BCUT2D eigenvalue weighted by atomic mass is 10.0. The van der Waals surface area contributed by atoms with Crippen LogP contribution in [-0.2, 0) is 4.65 Å². The molecule has 0 rings (SSSR count). The standard InChI is InChI=1S/C8H17BO.C4H11NO3/c1-3-5-6-8(4-2)7-10-9;5-4(1-6,2-7)3-8/h8H,3-7H2,1-2H3;6-8H,1-3,5H2. The van der Waals surface area contributed by atoms with Crippen molar-refractivity contribution < 1.29 is 20.0 Å². The van der Waals surface area contributed by atoms with Crippen molar-refractivity contribution in [2.24, 2.45) is 11.7 Å². The highest BCUT2D eigenvalue weighted by Crippen LogP contribution is 2.11. The average molecular weight is 261 g/mol. The summed E-state index contributed by atoms with van der Waals surface area (Å²) in [5.41, 5.74) is 3.94. The van der Waals surface area contributed by atoms with Gasteiger partial charge in [0.2, 0.25) is 0 Å². The Hall–Kier alpha value is -0.135. The molecule has 6 heteroatoms. The van der Waals surface area contributed by atoms with Crippen LogP contribution in [0.15, 0.2) is 0 Å². The summed E-state index contributed by atoms with van der Waals surface area (Å²) in [5.74, 6) is 0.671. The van der Waals surface area contributed by atoms with E-state index in [9.17, 15) is 0 Å². The molecule has 0 aliphatic heterocycles. The first-order valence-electron chi connectivity index (χ1n) is 6.46. The van der Waals surface area contributed by atoms with Crippen molar-refractivity contribution in [1.29, 1.82) is 0 Å². The zero-order chi connectivity index (χ0) is 14.4. The Labute approximate surface area is 112 Å². The van der Waals surface area contributed by atoms with Gasteiger partial charge >= 0.3 is 0 Å². The monoisotopic (exact) mass is 261 g/mol. The van der Waals surface area contributed by atoms with E-state index in [4.69, 9.17) is 29.1 Å². The van der Waals surface area contributed by atoms with E-state index in [1.807, 2.05) is 0 Å². The second-order valence-corrected chi connectivity index (χ2v) is 4.59. The molecule has 0 bridgehead atoms. The molecule has 0 saturated carbocycles. The van der Waals surface area contributed by atoms with Gasteiger partial charge in [0.1, 0.15) is 0 Å². The Morgan fingerprint density at radius 2 is 1.67 bits per heavy atom. The predicted molar refractivity (Wildman–Crippen MR) is 73.2 cm³/mol. The number of nitrogens with two attached hydrogens (primary N) is 1. The van der Waals surface area contributed by atoms with Crippen molar-refractivity contribution in [1.82, 2.24) is 0 Å². The van der Waals surface area contributed by atoms with Gasteiger partial charge < -0.3 is 25.7 Å². The molecular formula is C12H28BNO4. The van der Waals surface area contributed by atoms with Crippen molar-refractivity contribution in [2.75, 3.05) is 26.4 Å². The number of unbranched alkanes of at least 4 members (excludes halogenated alkanes) is 1. The van der Waals surface area contributed by atoms with E-state index in [0.717, 1.165) is 6.61 Å². The molecule has 5 N–H and O–H groups in total. The van der Waals surface area contributed by atoms with Gasteiger partial charge in [0.15, 0.2) is 0 Å².